The molecule has 0 aliphatic carbocycles. The second-order valence-corrected chi connectivity index (χ2v) is 4.35. The molecule has 0 saturated carbocycles. The summed E-state index contributed by atoms with van der Waals surface area (Å²) in [5, 5.41) is 0. The number of H-pyrrole nitrogens is 1. The van der Waals surface area contributed by atoms with E-state index in [0.717, 1.165) is 32.6 Å². The van der Waals surface area contributed by atoms with Crippen molar-refractivity contribution < 1.29 is 0 Å². The molecule has 2 heterocycles. The van der Waals surface area contributed by atoms with E-state index in [-0.39, 0.29) is 5.56 Å². The molecule has 5 nitrogen and oxygen atoms in total. The topological polar surface area (TPSA) is 52.2 Å². The maximum Gasteiger partial charge on any atom is 0.290 e. The first kappa shape index (κ1) is 12.1. The van der Waals surface area contributed by atoms with Gasteiger partial charge in [-0.1, -0.05) is 13.8 Å². The van der Waals surface area contributed by atoms with Gasteiger partial charge >= 0.3 is 0 Å². The fourth-order valence-corrected chi connectivity index (χ4v) is 2.54. The Morgan fingerprint density at radius 1 is 1.53 bits per heavy atom. The number of anilines is 1. The minimum atomic E-state index is -0.0901. The molecule has 5 heteroatoms. The quantitative estimate of drug-likeness (QED) is 0.835. The molecule has 0 spiro atoms. The van der Waals surface area contributed by atoms with Gasteiger partial charge in [-0.05, 0) is 19.5 Å². The van der Waals surface area contributed by atoms with Crippen molar-refractivity contribution in [1.29, 1.82) is 0 Å². The fourth-order valence-electron chi connectivity index (χ4n) is 2.54. The molecule has 94 valence electrons. The van der Waals surface area contributed by atoms with E-state index in [1.54, 1.807) is 12.4 Å². The third-order valence-electron chi connectivity index (χ3n) is 3.48. The van der Waals surface area contributed by atoms with Crippen molar-refractivity contribution in [1.82, 2.24) is 14.9 Å². The normalized spacial score (nSPS) is 20.2. The smallest absolute Gasteiger partial charge is 0.290 e. The van der Waals surface area contributed by atoms with Crippen molar-refractivity contribution in [2.75, 3.05) is 31.1 Å². The molecule has 1 saturated heterocycles. The monoisotopic (exact) mass is 236 g/mol. The molecule has 0 amide bonds. The van der Waals surface area contributed by atoms with Crippen molar-refractivity contribution in [3.05, 3.63) is 22.7 Å². The van der Waals surface area contributed by atoms with Gasteiger partial charge < -0.3 is 9.88 Å². The Balaban J connectivity index is 2.08. The Kier molecular flexibility index (Phi) is 3.78. The first-order valence-electron chi connectivity index (χ1n) is 6.29. The van der Waals surface area contributed by atoms with Gasteiger partial charge in [0.25, 0.3) is 5.56 Å². The van der Waals surface area contributed by atoms with Crippen LogP contribution < -0.4 is 10.5 Å². The Labute approximate surface area is 101 Å². The number of hydrogen-bond donors (Lipinski definition) is 1. The minimum Gasteiger partial charge on any atom is -0.350 e. The predicted octanol–water partition coefficient (Wildman–Crippen LogP) is 0.690. The molecule has 0 radical (unpaired) electrons. The lowest BCUT2D eigenvalue weighted by molar-refractivity contribution is 0.232. The molecular formula is C12H20N4O. The van der Waals surface area contributed by atoms with Crippen LogP contribution in [-0.2, 0) is 0 Å². The Morgan fingerprint density at radius 2 is 2.29 bits per heavy atom. The molecular weight excluding hydrogens is 216 g/mol. The van der Waals surface area contributed by atoms with Crippen LogP contribution in [0.25, 0.3) is 0 Å². The summed E-state index contributed by atoms with van der Waals surface area (Å²) >= 11 is 0. The van der Waals surface area contributed by atoms with Crippen molar-refractivity contribution in [3.63, 3.8) is 0 Å². The minimum absolute atomic E-state index is 0.0901. The van der Waals surface area contributed by atoms with Gasteiger partial charge in [-0.2, -0.15) is 0 Å². The zero-order chi connectivity index (χ0) is 12.3. The fraction of sp³-hybridized carbons (Fsp3) is 0.667. The first-order valence-corrected chi connectivity index (χ1v) is 6.29. The molecule has 1 fully saturated rings. The third-order valence-corrected chi connectivity index (χ3v) is 3.48. The van der Waals surface area contributed by atoms with E-state index in [0.29, 0.717) is 11.9 Å². The molecule has 1 unspecified atom stereocenters. The van der Waals surface area contributed by atoms with Crippen LogP contribution in [0.3, 0.4) is 0 Å². The van der Waals surface area contributed by atoms with Crippen molar-refractivity contribution >= 4 is 5.82 Å². The number of likely N-dealkylation sites (N-methyl/N-ethyl adjacent to an activating group) is 1. The zero-order valence-electron chi connectivity index (χ0n) is 10.5. The van der Waals surface area contributed by atoms with Crippen LogP contribution in [0.2, 0.25) is 0 Å². The summed E-state index contributed by atoms with van der Waals surface area (Å²) in [6.07, 6.45) is 4.32. The molecule has 2 rings (SSSR count). The highest BCUT2D eigenvalue weighted by Crippen LogP contribution is 2.18. The van der Waals surface area contributed by atoms with Gasteiger partial charge in [0, 0.05) is 31.5 Å². The van der Waals surface area contributed by atoms with E-state index in [9.17, 15) is 4.79 Å². The second kappa shape index (κ2) is 5.31. The highest BCUT2D eigenvalue weighted by Gasteiger charge is 2.27. The number of aromatic amines is 1. The second-order valence-electron chi connectivity index (χ2n) is 4.35. The third kappa shape index (κ3) is 2.49. The van der Waals surface area contributed by atoms with E-state index in [2.05, 4.69) is 33.6 Å². The maximum atomic E-state index is 11.6. The summed E-state index contributed by atoms with van der Waals surface area (Å²) in [7, 11) is 0. The Hall–Kier alpha value is -1.36. The largest absolute Gasteiger partial charge is 0.350 e. The van der Waals surface area contributed by atoms with Crippen LogP contribution >= 0.6 is 0 Å². The summed E-state index contributed by atoms with van der Waals surface area (Å²) in [6.45, 7) is 8.31. The summed E-state index contributed by atoms with van der Waals surface area (Å²) in [5.41, 5.74) is -0.0901. The molecule has 17 heavy (non-hydrogen) atoms. The maximum absolute atomic E-state index is 11.6. The van der Waals surface area contributed by atoms with Crippen LogP contribution in [0.1, 0.15) is 20.3 Å². The van der Waals surface area contributed by atoms with Crippen LogP contribution in [0.5, 0.6) is 0 Å². The van der Waals surface area contributed by atoms with Gasteiger partial charge in [-0.25, -0.2) is 4.98 Å². The van der Waals surface area contributed by atoms with E-state index in [4.69, 9.17) is 0 Å². The van der Waals surface area contributed by atoms with Crippen LogP contribution in [0.15, 0.2) is 17.2 Å². The summed E-state index contributed by atoms with van der Waals surface area (Å²) in [4.78, 5) is 23.0. The average molecular weight is 236 g/mol. The molecule has 1 aliphatic rings. The predicted molar refractivity (Wildman–Crippen MR) is 68.4 cm³/mol. The lowest BCUT2D eigenvalue weighted by Gasteiger charge is -2.26. The highest BCUT2D eigenvalue weighted by molar-refractivity contribution is 5.37. The van der Waals surface area contributed by atoms with Gasteiger partial charge in [0.2, 0.25) is 0 Å². The molecule has 1 aromatic rings. The van der Waals surface area contributed by atoms with Gasteiger partial charge in [-0.15, -0.1) is 0 Å². The van der Waals surface area contributed by atoms with Crippen molar-refractivity contribution in [2.45, 2.75) is 26.3 Å². The standard InChI is InChI=1S/C12H20N4O/c1-3-15(4-2)10-5-8-16(9-10)11-12(17)14-7-6-13-11/h6-7,10H,3-5,8-9H2,1-2H3,(H,14,17). The van der Waals surface area contributed by atoms with E-state index < -0.39 is 0 Å². The van der Waals surface area contributed by atoms with E-state index in [1.165, 1.54) is 0 Å². The molecule has 0 aromatic carbocycles. The number of nitrogens with one attached hydrogen (secondary N) is 1. The van der Waals surface area contributed by atoms with Crippen LogP contribution in [0, 0.1) is 0 Å². The lowest BCUT2D eigenvalue weighted by Crippen LogP contribution is -2.38. The number of aromatic nitrogens is 2. The lowest BCUT2D eigenvalue weighted by atomic mass is 10.2. The molecule has 1 N–H and O–H groups in total. The number of hydrogen-bond acceptors (Lipinski definition) is 4. The van der Waals surface area contributed by atoms with Gasteiger partial charge in [0.05, 0.1) is 0 Å². The van der Waals surface area contributed by atoms with Crippen molar-refractivity contribution in [3.8, 4) is 0 Å². The van der Waals surface area contributed by atoms with Gasteiger partial charge in [-0.3, -0.25) is 9.69 Å². The molecule has 1 atom stereocenters. The van der Waals surface area contributed by atoms with Gasteiger partial charge in [0.1, 0.15) is 0 Å². The first-order chi connectivity index (χ1) is 8.26. The van der Waals surface area contributed by atoms with Crippen molar-refractivity contribution in [2.24, 2.45) is 0 Å². The summed E-state index contributed by atoms with van der Waals surface area (Å²) < 4.78 is 0. The SMILES string of the molecule is CCN(CC)C1CCN(c2ncc[nH]c2=O)C1. The average Bonchev–Trinajstić information content (AvgIpc) is 2.81. The molecule has 1 aromatic heterocycles. The van der Waals surface area contributed by atoms with Crippen LogP contribution in [0.4, 0.5) is 5.82 Å². The van der Waals surface area contributed by atoms with Gasteiger partial charge in [0.15, 0.2) is 5.82 Å². The van der Waals surface area contributed by atoms with Crippen LogP contribution in [-0.4, -0.2) is 47.1 Å². The zero-order valence-corrected chi connectivity index (χ0v) is 10.5. The van der Waals surface area contributed by atoms with E-state index >= 15 is 0 Å². The molecule has 0 bridgehead atoms. The number of rotatable bonds is 4. The Bertz CT molecular complexity index is 413. The highest BCUT2D eigenvalue weighted by atomic mass is 16.1. The summed E-state index contributed by atoms with van der Waals surface area (Å²) in [5.74, 6) is 0.558. The Morgan fingerprint density at radius 3 is 2.94 bits per heavy atom. The number of nitrogens with zero attached hydrogens (tertiary/aromatic N) is 3. The molecule has 1 aliphatic heterocycles. The van der Waals surface area contributed by atoms with E-state index in [1.807, 2.05) is 0 Å². The summed E-state index contributed by atoms with van der Waals surface area (Å²) in [6, 6.07) is 0.548.